The van der Waals surface area contributed by atoms with Crippen LogP contribution in [0.4, 0.5) is 0 Å². The summed E-state index contributed by atoms with van der Waals surface area (Å²) < 4.78 is 22.7. The molecule has 2 atom stereocenters. The molecular formula is C25H28O5. The predicted octanol–water partition coefficient (Wildman–Crippen LogP) is 5.71. The fourth-order valence-corrected chi connectivity index (χ4v) is 4.28. The molecular weight excluding hydrogens is 380 g/mol. The average Bonchev–Trinajstić information content (AvgIpc) is 3.22. The van der Waals surface area contributed by atoms with Gasteiger partial charge < -0.3 is 18.3 Å². The van der Waals surface area contributed by atoms with Crippen LogP contribution in [0.2, 0.25) is 0 Å². The van der Waals surface area contributed by atoms with E-state index < -0.39 is 5.41 Å². The number of benzene rings is 1. The second kappa shape index (κ2) is 7.71. The molecule has 0 unspecified atom stereocenters. The van der Waals surface area contributed by atoms with Crippen molar-refractivity contribution in [1.82, 2.24) is 0 Å². The average molecular weight is 408 g/mol. The third-order valence-electron chi connectivity index (χ3n) is 6.22. The second-order valence-electron chi connectivity index (χ2n) is 8.49. The summed E-state index contributed by atoms with van der Waals surface area (Å²) in [6, 6.07) is 7.54. The molecule has 0 aliphatic carbocycles. The van der Waals surface area contributed by atoms with Crippen LogP contribution in [0.3, 0.4) is 0 Å². The smallest absolute Gasteiger partial charge is 0.343 e. The highest BCUT2D eigenvalue weighted by molar-refractivity contribution is 5.86. The summed E-state index contributed by atoms with van der Waals surface area (Å²) in [4.78, 5) is 12.9. The largest absolute Gasteiger partial charge is 0.497 e. The number of hydrogen-bond donors (Lipinski definition) is 0. The molecule has 0 N–H and O–H groups in total. The number of fused-ring (bicyclic) bond motifs is 3. The van der Waals surface area contributed by atoms with E-state index in [9.17, 15) is 4.79 Å². The Hall–Kier alpha value is -2.95. The van der Waals surface area contributed by atoms with E-state index in [1.54, 1.807) is 19.4 Å². The zero-order valence-corrected chi connectivity index (χ0v) is 18.2. The van der Waals surface area contributed by atoms with Crippen molar-refractivity contribution >= 4 is 11.0 Å². The van der Waals surface area contributed by atoms with Gasteiger partial charge in [0.2, 0.25) is 0 Å². The maximum absolute atomic E-state index is 12.9. The number of ether oxygens (including phenoxy) is 2. The summed E-state index contributed by atoms with van der Waals surface area (Å²) >= 11 is 0. The molecule has 3 aromatic rings. The third-order valence-corrected chi connectivity index (χ3v) is 6.22. The van der Waals surface area contributed by atoms with Crippen LogP contribution in [0.15, 0.2) is 55.8 Å². The molecule has 5 heteroatoms. The molecule has 0 saturated carbocycles. The van der Waals surface area contributed by atoms with Crippen molar-refractivity contribution in [2.75, 3.05) is 7.11 Å². The first-order valence-corrected chi connectivity index (χ1v) is 10.3. The molecule has 158 valence electrons. The number of aryl methyl sites for hydroxylation is 1. The minimum atomic E-state index is -0.415. The fourth-order valence-electron chi connectivity index (χ4n) is 4.28. The second-order valence-corrected chi connectivity index (χ2v) is 8.49. The highest BCUT2D eigenvalue weighted by atomic mass is 16.5. The van der Waals surface area contributed by atoms with Gasteiger partial charge in [0.05, 0.1) is 24.3 Å². The predicted molar refractivity (Wildman–Crippen MR) is 117 cm³/mol. The third kappa shape index (κ3) is 3.53. The maximum Gasteiger partial charge on any atom is 0.343 e. The zero-order chi connectivity index (χ0) is 21.5. The van der Waals surface area contributed by atoms with Gasteiger partial charge in [-0.05, 0) is 57.4 Å². The van der Waals surface area contributed by atoms with Crippen LogP contribution < -0.4 is 15.1 Å². The molecule has 1 aromatic carbocycles. The normalized spacial score (nSPS) is 21.0. The van der Waals surface area contributed by atoms with Gasteiger partial charge >= 0.3 is 5.63 Å². The van der Waals surface area contributed by atoms with Crippen molar-refractivity contribution in [3.63, 3.8) is 0 Å². The minimum absolute atomic E-state index is 0.121. The van der Waals surface area contributed by atoms with E-state index in [-0.39, 0.29) is 11.7 Å². The lowest BCUT2D eigenvalue weighted by Gasteiger charge is -2.26. The van der Waals surface area contributed by atoms with Crippen molar-refractivity contribution in [1.29, 1.82) is 0 Å². The summed E-state index contributed by atoms with van der Waals surface area (Å²) in [5.41, 5.74) is 2.76. The molecule has 2 aromatic heterocycles. The number of rotatable bonds is 6. The van der Waals surface area contributed by atoms with Crippen molar-refractivity contribution < 1.29 is 18.3 Å². The summed E-state index contributed by atoms with van der Waals surface area (Å²) in [7, 11) is 1.59. The Kier molecular flexibility index (Phi) is 5.22. The van der Waals surface area contributed by atoms with Crippen molar-refractivity contribution in [2.45, 2.75) is 58.5 Å². The quantitative estimate of drug-likeness (QED) is 0.386. The topological polar surface area (TPSA) is 61.8 Å². The van der Waals surface area contributed by atoms with Crippen molar-refractivity contribution in [3.8, 4) is 11.5 Å². The van der Waals surface area contributed by atoms with Gasteiger partial charge in [0.25, 0.3) is 0 Å². The Morgan fingerprint density at radius 3 is 2.80 bits per heavy atom. The highest BCUT2D eigenvalue weighted by Gasteiger charge is 2.46. The van der Waals surface area contributed by atoms with Crippen LogP contribution in [0, 0.1) is 6.92 Å². The van der Waals surface area contributed by atoms with E-state index in [2.05, 4.69) is 26.0 Å². The molecule has 0 bridgehead atoms. The Labute approximate surface area is 176 Å². The van der Waals surface area contributed by atoms with Gasteiger partial charge in [0, 0.05) is 17.9 Å². The van der Waals surface area contributed by atoms with E-state index in [0.717, 1.165) is 36.0 Å². The molecule has 4 rings (SSSR count). The first-order valence-electron chi connectivity index (χ1n) is 10.3. The molecule has 0 radical (unpaired) electrons. The molecule has 0 spiro atoms. The van der Waals surface area contributed by atoms with Crippen LogP contribution in [-0.2, 0) is 11.8 Å². The first kappa shape index (κ1) is 20.3. The lowest BCUT2D eigenvalue weighted by molar-refractivity contribution is 0.169. The number of methoxy groups -OCH3 is 1. The van der Waals surface area contributed by atoms with Crippen LogP contribution >= 0.6 is 0 Å². The SMILES string of the molecule is COc1ccc2c3c(c(=O)oc2c1)[C@](C)(CCC=C(C)Cc1cc(C)co1)[C@H](C)O3. The summed E-state index contributed by atoms with van der Waals surface area (Å²) in [6.07, 6.45) is 6.31. The molecule has 30 heavy (non-hydrogen) atoms. The monoisotopic (exact) mass is 408 g/mol. The van der Waals surface area contributed by atoms with Crippen LogP contribution in [0.5, 0.6) is 11.5 Å². The van der Waals surface area contributed by atoms with Crippen LogP contribution in [-0.4, -0.2) is 13.2 Å². The summed E-state index contributed by atoms with van der Waals surface area (Å²) in [6.45, 7) is 8.25. The molecule has 3 heterocycles. The van der Waals surface area contributed by atoms with Gasteiger partial charge in [0.1, 0.15) is 28.9 Å². The Morgan fingerprint density at radius 2 is 2.10 bits per heavy atom. The zero-order valence-electron chi connectivity index (χ0n) is 18.2. The standard InChI is InChI=1S/C25H28O5/c1-15(11-19-12-16(2)14-28-19)7-6-10-25(4)17(3)29-23-20-9-8-18(27-5)13-21(20)30-24(26)22(23)25/h7-9,12-14,17H,6,10-11H2,1-5H3/t17-,25+/m0/s1. The maximum atomic E-state index is 12.9. The molecule has 1 aliphatic heterocycles. The Bertz CT molecular complexity index is 1170. The van der Waals surface area contributed by atoms with E-state index in [1.165, 1.54) is 5.57 Å². The van der Waals surface area contributed by atoms with E-state index in [0.29, 0.717) is 22.6 Å². The molecule has 5 nitrogen and oxygen atoms in total. The van der Waals surface area contributed by atoms with E-state index in [4.69, 9.17) is 18.3 Å². The van der Waals surface area contributed by atoms with E-state index in [1.807, 2.05) is 26.0 Å². The minimum Gasteiger partial charge on any atom is -0.497 e. The fraction of sp³-hybridized carbons (Fsp3) is 0.400. The molecule has 0 saturated heterocycles. The van der Waals surface area contributed by atoms with E-state index >= 15 is 0 Å². The summed E-state index contributed by atoms with van der Waals surface area (Å²) in [5, 5.41) is 0.806. The van der Waals surface area contributed by atoms with Gasteiger partial charge in [-0.3, -0.25) is 0 Å². The van der Waals surface area contributed by atoms with Crippen LogP contribution in [0.25, 0.3) is 11.0 Å². The van der Waals surface area contributed by atoms with Gasteiger partial charge in [-0.2, -0.15) is 0 Å². The number of allylic oxidation sites excluding steroid dienone is 2. The number of furan rings is 1. The first-order chi connectivity index (χ1) is 14.3. The van der Waals surface area contributed by atoms with Crippen molar-refractivity contribution in [3.05, 3.63) is 69.5 Å². The lowest BCUT2D eigenvalue weighted by atomic mass is 9.76. The van der Waals surface area contributed by atoms with Crippen molar-refractivity contribution in [2.24, 2.45) is 0 Å². The molecule has 1 aliphatic rings. The number of hydrogen-bond acceptors (Lipinski definition) is 5. The summed E-state index contributed by atoms with van der Waals surface area (Å²) in [5.74, 6) is 2.26. The molecule has 0 fully saturated rings. The highest BCUT2D eigenvalue weighted by Crippen LogP contribution is 2.47. The Balaban J connectivity index is 1.60. The van der Waals surface area contributed by atoms with Gasteiger partial charge in [-0.25, -0.2) is 4.79 Å². The lowest BCUT2D eigenvalue weighted by Crippen LogP contribution is -2.35. The van der Waals surface area contributed by atoms with Gasteiger partial charge in [0.15, 0.2) is 0 Å². The van der Waals surface area contributed by atoms with Gasteiger partial charge in [-0.1, -0.05) is 18.6 Å². The molecule has 0 amide bonds. The Morgan fingerprint density at radius 1 is 1.30 bits per heavy atom. The van der Waals surface area contributed by atoms with Gasteiger partial charge in [-0.15, -0.1) is 0 Å². The van der Waals surface area contributed by atoms with Crippen LogP contribution in [0.1, 0.15) is 50.5 Å².